The van der Waals surface area contributed by atoms with Crippen LogP contribution in [0.5, 0.6) is 5.75 Å². The highest BCUT2D eigenvalue weighted by Gasteiger charge is 2.21. The van der Waals surface area contributed by atoms with Crippen LogP contribution in [0.15, 0.2) is 30.5 Å². The molecule has 2 aromatic rings. The number of carbonyl (C=O) groups excluding carboxylic acids is 1. The number of fused-ring (bicyclic) bond motifs is 1. The smallest absolute Gasteiger partial charge is 0.387 e. The molecule has 1 aromatic carbocycles. The second-order valence-electron chi connectivity index (χ2n) is 5.99. The molecule has 1 saturated carbocycles. The fraction of sp³-hybridized carbons (Fsp3) is 0.412. The third-order valence-electron chi connectivity index (χ3n) is 4.23. The number of hydrogen-bond acceptors (Lipinski definition) is 4. The number of aromatic nitrogens is 1. The van der Waals surface area contributed by atoms with E-state index in [0.29, 0.717) is 23.9 Å². The van der Waals surface area contributed by atoms with Gasteiger partial charge in [-0.2, -0.15) is 8.78 Å². The lowest BCUT2D eigenvalue weighted by molar-refractivity contribution is -0.0489. The molecule has 0 aliphatic heterocycles. The van der Waals surface area contributed by atoms with Crippen molar-refractivity contribution < 1.29 is 23.4 Å². The number of nitrogens with one attached hydrogen (secondary N) is 2. The SMILES string of the molecule is O=C(Nc1ccc(OC(F)F)c2ncccc12)NC1CCC(O)CC1. The average molecular weight is 351 g/mol. The summed E-state index contributed by atoms with van der Waals surface area (Å²) in [5, 5.41) is 15.6. The van der Waals surface area contributed by atoms with Crippen LogP contribution in [0.4, 0.5) is 19.3 Å². The normalized spacial score (nSPS) is 20.5. The zero-order chi connectivity index (χ0) is 17.8. The van der Waals surface area contributed by atoms with Crippen LogP contribution in [0.1, 0.15) is 25.7 Å². The largest absolute Gasteiger partial charge is 0.432 e. The molecule has 0 atom stereocenters. The first-order chi connectivity index (χ1) is 12.0. The van der Waals surface area contributed by atoms with Crippen LogP contribution in [0.2, 0.25) is 0 Å². The first-order valence-electron chi connectivity index (χ1n) is 8.11. The molecule has 25 heavy (non-hydrogen) atoms. The Morgan fingerprint density at radius 1 is 1.24 bits per heavy atom. The Bertz CT molecular complexity index is 749. The molecule has 1 heterocycles. The van der Waals surface area contributed by atoms with E-state index in [1.807, 2.05) is 0 Å². The van der Waals surface area contributed by atoms with Crippen LogP contribution in [0.25, 0.3) is 10.9 Å². The molecule has 1 aliphatic carbocycles. The van der Waals surface area contributed by atoms with Gasteiger partial charge in [-0.1, -0.05) is 0 Å². The van der Waals surface area contributed by atoms with E-state index in [1.54, 1.807) is 12.1 Å². The minimum atomic E-state index is -2.95. The Hall–Kier alpha value is -2.48. The number of hydrogen-bond donors (Lipinski definition) is 3. The maximum Gasteiger partial charge on any atom is 0.387 e. The highest BCUT2D eigenvalue weighted by molar-refractivity contribution is 6.02. The molecule has 0 unspecified atom stereocenters. The topological polar surface area (TPSA) is 83.5 Å². The van der Waals surface area contributed by atoms with Gasteiger partial charge in [0.15, 0.2) is 5.75 Å². The van der Waals surface area contributed by atoms with E-state index < -0.39 is 6.61 Å². The maximum atomic E-state index is 12.5. The highest BCUT2D eigenvalue weighted by Crippen LogP contribution is 2.31. The second kappa shape index (κ2) is 7.60. The predicted octanol–water partition coefficient (Wildman–Crippen LogP) is 3.26. The van der Waals surface area contributed by atoms with Crippen molar-refractivity contribution in [1.29, 1.82) is 0 Å². The zero-order valence-electron chi connectivity index (χ0n) is 13.4. The van der Waals surface area contributed by atoms with E-state index in [2.05, 4.69) is 20.4 Å². The van der Waals surface area contributed by atoms with Gasteiger partial charge in [-0.05, 0) is 49.9 Å². The van der Waals surface area contributed by atoms with Gasteiger partial charge in [0.05, 0.1) is 11.8 Å². The first-order valence-corrected chi connectivity index (χ1v) is 8.11. The van der Waals surface area contributed by atoms with Gasteiger partial charge in [-0.25, -0.2) is 4.79 Å². The number of amides is 2. The van der Waals surface area contributed by atoms with Gasteiger partial charge >= 0.3 is 12.6 Å². The molecule has 0 radical (unpaired) electrons. The molecule has 1 aromatic heterocycles. The van der Waals surface area contributed by atoms with Gasteiger partial charge in [0, 0.05) is 17.6 Å². The van der Waals surface area contributed by atoms with Crippen molar-refractivity contribution >= 4 is 22.6 Å². The molecule has 0 saturated heterocycles. The number of urea groups is 1. The molecule has 3 N–H and O–H groups in total. The molecule has 0 bridgehead atoms. The van der Waals surface area contributed by atoms with E-state index in [0.717, 1.165) is 12.8 Å². The number of nitrogens with zero attached hydrogens (tertiary/aromatic N) is 1. The Labute approximate surface area is 143 Å². The molecule has 134 valence electrons. The summed E-state index contributed by atoms with van der Waals surface area (Å²) in [6.45, 7) is -2.95. The van der Waals surface area contributed by atoms with Gasteiger partial charge in [0.1, 0.15) is 5.52 Å². The maximum absolute atomic E-state index is 12.5. The van der Waals surface area contributed by atoms with Crippen LogP contribution >= 0.6 is 0 Å². The van der Waals surface area contributed by atoms with Gasteiger partial charge in [0.25, 0.3) is 0 Å². The number of anilines is 1. The fourth-order valence-electron chi connectivity index (χ4n) is 3.01. The summed E-state index contributed by atoms with van der Waals surface area (Å²) in [5.74, 6) is -0.0437. The van der Waals surface area contributed by atoms with Crippen molar-refractivity contribution in [3.05, 3.63) is 30.5 Å². The Morgan fingerprint density at radius 2 is 2.00 bits per heavy atom. The van der Waals surface area contributed by atoms with Crippen molar-refractivity contribution in [2.24, 2.45) is 0 Å². The van der Waals surface area contributed by atoms with Gasteiger partial charge < -0.3 is 20.5 Å². The molecule has 6 nitrogen and oxygen atoms in total. The number of aliphatic hydroxyl groups is 1. The fourth-order valence-corrected chi connectivity index (χ4v) is 3.01. The number of carbonyl (C=O) groups is 1. The number of benzene rings is 1. The van der Waals surface area contributed by atoms with Crippen molar-refractivity contribution in [1.82, 2.24) is 10.3 Å². The average Bonchev–Trinajstić information content (AvgIpc) is 2.59. The number of aliphatic hydroxyl groups excluding tert-OH is 1. The molecular formula is C17H19F2N3O3. The Balaban J connectivity index is 1.74. The van der Waals surface area contributed by atoms with E-state index >= 15 is 0 Å². The van der Waals surface area contributed by atoms with Crippen molar-refractivity contribution in [3.8, 4) is 5.75 Å². The molecule has 0 spiro atoms. The van der Waals surface area contributed by atoms with Crippen LogP contribution in [0.3, 0.4) is 0 Å². The lowest BCUT2D eigenvalue weighted by atomic mass is 9.93. The minimum Gasteiger partial charge on any atom is -0.432 e. The number of ether oxygens (including phenoxy) is 1. The lowest BCUT2D eigenvalue weighted by Crippen LogP contribution is -2.40. The van der Waals surface area contributed by atoms with Gasteiger partial charge in [-0.3, -0.25) is 4.98 Å². The van der Waals surface area contributed by atoms with Crippen molar-refractivity contribution in [3.63, 3.8) is 0 Å². The zero-order valence-corrected chi connectivity index (χ0v) is 13.4. The second-order valence-corrected chi connectivity index (χ2v) is 5.99. The summed E-state index contributed by atoms with van der Waals surface area (Å²) in [6.07, 6.45) is 3.95. The molecular weight excluding hydrogens is 332 g/mol. The Morgan fingerprint density at radius 3 is 2.72 bits per heavy atom. The van der Waals surface area contributed by atoms with Crippen LogP contribution in [0, 0.1) is 0 Å². The summed E-state index contributed by atoms with van der Waals surface area (Å²) in [6, 6.07) is 5.82. The van der Waals surface area contributed by atoms with Crippen molar-refractivity contribution in [2.75, 3.05) is 5.32 Å². The summed E-state index contributed by atoms with van der Waals surface area (Å²) in [4.78, 5) is 16.3. The van der Waals surface area contributed by atoms with Gasteiger partial charge in [-0.15, -0.1) is 0 Å². The number of pyridine rings is 1. The number of alkyl halides is 2. The van der Waals surface area contributed by atoms with Crippen LogP contribution in [-0.2, 0) is 0 Å². The standard InChI is InChI=1S/C17H19F2N3O3/c18-16(19)25-14-8-7-13(12-2-1-9-20-15(12)14)22-17(24)21-10-3-5-11(23)6-4-10/h1-2,7-11,16,23H,3-6H2,(H2,21,22,24). The number of rotatable bonds is 4. The van der Waals surface area contributed by atoms with E-state index in [1.165, 1.54) is 18.3 Å². The number of halogens is 2. The monoisotopic (exact) mass is 351 g/mol. The summed E-state index contributed by atoms with van der Waals surface area (Å²) < 4.78 is 29.5. The summed E-state index contributed by atoms with van der Waals surface area (Å²) in [5.41, 5.74) is 0.708. The minimum absolute atomic E-state index is 0.00855. The van der Waals surface area contributed by atoms with E-state index in [9.17, 15) is 18.7 Å². The third-order valence-corrected chi connectivity index (χ3v) is 4.23. The van der Waals surface area contributed by atoms with Crippen molar-refractivity contribution in [2.45, 2.75) is 44.4 Å². The summed E-state index contributed by atoms with van der Waals surface area (Å²) >= 11 is 0. The van der Waals surface area contributed by atoms with Gasteiger partial charge in [0.2, 0.25) is 0 Å². The molecule has 3 rings (SSSR count). The predicted molar refractivity (Wildman–Crippen MR) is 88.8 cm³/mol. The van der Waals surface area contributed by atoms with E-state index in [4.69, 9.17) is 0 Å². The lowest BCUT2D eigenvalue weighted by Gasteiger charge is -2.26. The van der Waals surface area contributed by atoms with Crippen LogP contribution in [-0.4, -0.2) is 34.9 Å². The third kappa shape index (κ3) is 4.33. The molecule has 2 amide bonds. The Kier molecular flexibility index (Phi) is 5.28. The van der Waals surface area contributed by atoms with Crippen LogP contribution < -0.4 is 15.4 Å². The molecule has 1 aliphatic rings. The van der Waals surface area contributed by atoms with E-state index in [-0.39, 0.29) is 29.4 Å². The first kappa shape index (κ1) is 17.3. The highest BCUT2D eigenvalue weighted by atomic mass is 19.3. The summed E-state index contributed by atoms with van der Waals surface area (Å²) in [7, 11) is 0. The molecule has 8 heteroatoms. The molecule has 1 fully saturated rings. The quantitative estimate of drug-likeness (QED) is 0.789.